The van der Waals surface area contributed by atoms with Crippen LogP contribution in [0.4, 0.5) is 24.5 Å². The Bertz CT molecular complexity index is 1260. The number of fused-ring (bicyclic) bond motifs is 1. The number of nitrogens with zero attached hydrogens (tertiary/aromatic N) is 2. The van der Waals surface area contributed by atoms with E-state index in [2.05, 4.69) is 15.6 Å². The van der Waals surface area contributed by atoms with Crippen LogP contribution < -0.4 is 15.4 Å². The third kappa shape index (κ3) is 6.54. The summed E-state index contributed by atoms with van der Waals surface area (Å²) < 4.78 is 44.3. The fourth-order valence-electron chi connectivity index (χ4n) is 3.60. The molecular weight excluding hydrogens is 477 g/mol. The van der Waals surface area contributed by atoms with Crippen LogP contribution in [0.1, 0.15) is 29.4 Å². The molecule has 0 fully saturated rings. The van der Waals surface area contributed by atoms with Crippen LogP contribution in [0.2, 0.25) is 0 Å². The molecule has 0 bridgehead atoms. The summed E-state index contributed by atoms with van der Waals surface area (Å²) in [6, 6.07) is 15.0. The SMILES string of the molecule is CNC(=O)c1cc(Oc2ccc3c(c2)N=C(Nc2cccc(SC(F)(F)F)c2)C(C)CC3)ccn1. The van der Waals surface area contributed by atoms with Gasteiger partial charge in [0.05, 0.1) is 5.69 Å². The minimum Gasteiger partial charge on any atom is -0.457 e. The van der Waals surface area contributed by atoms with Crippen LogP contribution in [0.25, 0.3) is 0 Å². The Labute approximate surface area is 205 Å². The molecular formula is C25H23F3N4O2S. The fraction of sp³-hybridized carbons (Fsp3) is 0.240. The molecule has 4 rings (SSSR count). The first kappa shape index (κ1) is 24.6. The number of alkyl halides is 3. The number of anilines is 1. The second-order valence-electron chi connectivity index (χ2n) is 7.99. The molecule has 0 saturated carbocycles. The number of benzene rings is 2. The van der Waals surface area contributed by atoms with Crippen molar-refractivity contribution in [3.8, 4) is 11.5 Å². The third-order valence-corrected chi connectivity index (χ3v) is 6.10. The summed E-state index contributed by atoms with van der Waals surface area (Å²) in [6.07, 6.45) is 3.12. The Kier molecular flexibility index (Phi) is 7.30. The molecule has 0 saturated heterocycles. The van der Waals surface area contributed by atoms with Gasteiger partial charge in [-0.3, -0.25) is 9.78 Å². The number of ether oxygens (including phenoxy) is 1. The Hall–Kier alpha value is -3.53. The minimum absolute atomic E-state index is 0.0704. The average Bonchev–Trinajstić information content (AvgIpc) is 2.96. The lowest BCUT2D eigenvalue weighted by molar-refractivity contribution is -0.0328. The van der Waals surface area contributed by atoms with Gasteiger partial charge in [0.1, 0.15) is 23.0 Å². The smallest absolute Gasteiger partial charge is 0.446 e. The molecule has 182 valence electrons. The quantitative estimate of drug-likeness (QED) is 0.388. The van der Waals surface area contributed by atoms with Crippen LogP contribution >= 0.6 is 11.8 Å². The van der Waals surface area contributed by atoms with Gasteiger partial charge in [-0.15, -0.1) is 0 Å². The lowest BCUT2D eigenvalue weighted by Gasteiger charge is -2.15. The zero-order valence-corrected chi connectivity index (χ0v) is 19.8. The van der Waals surface area contributed by atoms with E-state index in [1.807, 2.05) is 25.1 Å². The minimum atomic E-state index is -4.35. The fourth-order valence-corrected chi connectivity index (χ4v) is 4.20. The Morgan fingerprint density at radius 1 is 1.11 bits per heavy atom. The number of rotatable bonds is 5. The molecule has 1 amide bonds. The summed E-state index contributed by atoms with van der Waals surface area (Å²) in [7, 11) is 1.53. The molecule has 2 aromatic carbocycles. The Morgan fingerprint density at radius 2 is 1.91 bits per heavy atom. The van der Waals surface area contributed by atoms with Crippen molar-refractivity contribution in [1.82, 2.24) is 10.3 Å². The monoisotopic (exact) mass is 500 g/mol. The number of carbonyl (C=O) groups excluding carboxylic acids is 1. The molecule has 1 aliphatic rings. The van der Waals surface area contributed by atoms with E-state index in [1.165, 1.54) is 25.4 Å². The predicted molar refractivity (Wildman–Crippen MR) is 131 cm³/mol. The number of halogens is 3. The van der Waals surface area contributed by atoms with Crippen molar-refractivity contribution >= 4 is 34.9 Å². The number of aliphatic imine (C=N–C) groups is 1. The van der Waals surface area contributed by atoms with Gasteiger partial charge in [0.15, 0.2) is 0 Å². The van der Waals surface area contributed by atoms with E-state index in [-0.39, 0.29) is 34.2 Å². The molecule has 35 heavy (non-hydrogen) atoms. The zero-order chi connectivity index (χ0) is 25.0. The van der Waals surface area contributed by atoms with Crippen LogP contribution in [0.3, 0.4) is 0 Å². The molecule has 0 radical (unpaired) electrons. The molecule has 1 aromatic heterocycles. The van der Waals surface area contributed by atoms with Gasteiger partial charge in [-0.25, -0.2) is 4.99 Å². The topological polar surface area (TPSA) is 75.6 Å². The number of aryl methyl sites for hydroxylation is 1. The number of hydrogen-bond donors (Lipinski definition) is 2. The highest BCUT2D eigenvalue weighted by atomic mass is 32.2. The Balaban J connectivity index is 1.58. The van der Waals surface area contributed by atoms with Gasteiger partial charge in [-0.2, -0.15) is 13.2 Å². The van der Waals surface area contributed by atoms with E-state index in [0.717, 1.165) is 24.1 Å². The molecule has 1 atom stereocenters. The van der Waals surface area contributed by atoms with Crippen LogP contribution in [-0.4, -0.2) is 29.3 Å². The highest BCUT2D eigenvalue weighted by molar-refractivity contribution is 8.00. The van der Waals surface area contributed by atoms with E-state index in [9.17, 15) is 18.0 Å². The Morgan fingerprint density at radius 3 is 2.69 bits per heavy atom. The van der Waals surface area contributed by atoms with Crippen molar-refractivity contribution in [1.29, 1.82) is 0 Å². The molecule has 1 aliphatic heterocycles. The molecule has 2 N–H and O–H groups in total. The molecule has 0 aliphatic carbocycles. The van der Waals surface area contributed by atoms with E-state index in [1.54, 1.807) is 24.3 Å². The van der Waals surface area contributed by atoms with Crippen molar-refractivity contribution in [2.24, 2.45) is 10.9 Å². The number of hydrogen-bond acceptors (Lipinski definition) is 6. The normalized spacial score (nSPS) is 15.5. The van der Waals surface area contributed by atoms with Crippen molar-refractivity contribution in [2.45, 2.75) is 30.2 Å². The van der Waals surface area contributed by atoms with Crippen LogP contribution in [0, 0.1) is 5.92 Å². The van der Waals surface area contributed by atoms with E-state index in [4.69, 9.17) is 9.73 Å². The number of aromatic nitrogens is 1. The van der Waals surface area contributed by atoms with E-state index >= 15 is 0 Å². The summed E-state index contributed by atoms with van der Waals surface area (Å²) in [6.45, 7) is 2.03. The van der Waals surface area contributed by atoms with E-state index in [0.29, 0.717) is 23.0 Å². The van der Waals surface area contributed by atoms with Gasteiger partial charge in [0.2, 0.25) is 0 Å². The summed E-state index contributed by atoms with van der Waals surface area (Å²) in [4.78, 5) is 20.8. The first-order chi connectivity index (χ1) is 16.7. The highest BCUT2D eigenvalue weighted by Crippen LogP contribution is 2.38. The van der Waals surface area contributed by atoms with E-state index < -0.39 is 5.51 Å². The zero-order valence-electron chi connectivity index (χ0n) is 19.0. The number of thioether (sulfide) groups is 1. The lowest BCUT2D eigenvalue weighted by Crippen LogP contribution is -2.20. The van der Waals surface area contributed by atoms with Gasteiger partial charge in [-0.1, -0.05) is 19.1 Å². The molecule has 10 heteroatoms. The molecule has 2 heterocycles. The molecule has 6 nitrogen and oxygen atoms in total. The third-order valence-electron chi connectivity index (χ3n) is 5.38. The van der Waals surface area contributed by atoms with Gasteiger partial charge in [0.25, 0.3) is 5.91 Å². The van der Waals surface area contributed by atoms with Crippen molar-refractivity contribution in [2.75, 3.05) is 12.4 Å². The largest absolute Gasteiger partial charge is 0.457 e. The first-order valence-electron chi connectivity index (χ1n) is 10.9. The standard InChI is InChI=1S/C25H23F3N4O2S/c1-15-6-7-16-8-9-18(34-19-10-11-30-22(14-19)24(33)29-2)13-21(16)32-23(15)31-17-4-3-5-20(12-17)35-25(26,27)28/h3-5,8-15H,6-7H2,1-2H3,(H,29,33)(H,31,32). The summed E-state index contributed by atoms with van der Waals surface area (Å²) in [5, 5.41) is 5.73. The van der Waals surface area contributed by atoms with Crippen LogP contribution in [0.5, 0.6) is 11.5 Å². The second kappa shape index (κ2) is 10.4. The maximum absolute atomic E-state index is 12.8. The number of pyridine rings is 1. The van der Waals surface area contributed by atoms with Gasteiger partial charge >= 0.3 is 5.51 Å². The lowest BCUT2D eigenvalue weighted by atomic mass is 10.0. The molecule has 1 unspecified atom stereocenters. The van der Waals surface area contributed by atoms with Gasteiger partial charge in [0, 0.05) is 41.9 Å². The number of nitrogens with one attached hydrogen (secondary N) is 2. The maximum Gasteiger partial charge on any atom is 0.446 e. The summed E-state index contributed by atoms with van der Waals surface area (Å²) >= 11 is -0.149. The van der Waals surface area contributed by atoms with Gasteiger partial charge in [-0.05, 0) is 60.5 Å². The number of amides is 1. The van der Waals surface area contributed by atoms with Crippen molar-refractivity contribution < 1.29 is 22.7 Å². The van der Waals surface area contributed by atoms with Crippen LogP contribution in [0.15, 0.2) is 70.7 Å². The number of amidine groups is 1. The molecule has 0 spiro atoms. The first-order valence-corrected chi connectivity index (χ1v) is 11.7. The number of carbonyl (C=O) groups is 1. The highest BCUT2D eigenvalue weighted by Gasteiger charge is 2.29. The van der Waals surface area contributed by atoms with Crippen LogP contribution in [-0.2, 0) is 6.42 Å². The second-order valence-corrected chi connectivity index (χ2v) is 9.12. The maximum atomic E-state index is 12.8. The summed E-state index contributed by atoms with van der Waals surface area (Å²) in [5.41, 5.74) is -1.81. The molecule has 3 aromatic rings. The van der Waals surface area contributed by atoms with Gasteiger partial charge < -0.3 is 15.4 Å². The van der Waals surface area contributed by atoms with Crippen molar-refractivity contribution in [3.05, 3.63) is 72.1 Å². The predicted octanol–water partition coefficient (Wildman–Crippen LogP) is 6.57. The summed E-state index contributed by atoms with van der Waals surface area (Å²) in [5.74, 6) is 1.42. The van der Waals surface area contributed by atoms with Crippen molar-refractivity contribution in [3.63, 3.8) is 0 Å². The average molecular weight is 501 g/mol.